The van der Waals surface area contributed by atoms with E-state index in [1.54, 1.807) is 48.5 Å². The molecule has 0 spiro atoms. The molecule has 13 amide bonds. The van der Waals surface area contributed by atoms with E-state index in [4.69, 9.17) is 10.5 Å². The Labute approximate surface area is 605 Å². The third-order valence-corrected chi connectivity index (χ3v) is 17.1. The van der Waals surface area contributed by atoms with E-state index < -0.39 is 250 Å². The largest absolute Gasteiger partial charge is 0.508 e. The number of primary amides is 1. The molecule has 2 saturated heterocycles. The van der Waals surface area contributed by atoms with Crippen LogP contribution in [0.1, 0.15) is 75.5 Å². The van der Waals surface area contributed by atoms with Crippen molar-refractivity contribution in [2.45, 2.75) is 163 Å². The number of nitrogens with two attached hydrogens (primary N) is 1. The number of phenols is 1. The average molecular weight is 1500 g/mol. The van der Waals surface area contributed by atoms with E-state index >= 15 is 14.4 Å². The Bertz CT molecular complexity index is 4200. The molecule has 2 aliphatic rings. The summed E-state index contributed by atoms with van der Waals surface area (Å²) in [7, 11) is 0. The molecule has 5 aromatic rings. The van der Waals surface area contributed by atoms with Crippen LogP contribution in [0.2, 0.25) is 0 Å². The molecule has 107 heavy (non-hydrogen) atoms. The molecule has 7 rings (SSSR count). The fourth-order valence-electron chi connectivity index (χ4n) is 11.5. The van der Waals surface area contributed by atoms with Crippen LogP contribution in [0.15, 0.2) is 85.2 Å². The van der Waals surface area contributed by atoms with E-state index in [9.17, 15) is 103 Å². The van der Waals surface area contributed by atoms with Gasteiger partial charge in [-0.15, -0.1) is 0 Å². The summed E-state index contributed by atoms with van der Waals surface area (Å²) in [5.74, 6) is -25.7. The zero-order chi connectivity index (χ0) is 78.5. The fraction of sp³-hybridized carbons (Fsp3) is 0.418. The lowest BCUT2D eigenvalue weighted by Crippen LogP contribution is -2.65. The van der Waals surface area contributed by atoms with Gasteiger partial charge in [-0.2, -0.15) is 0 Å². The number of ether oxygens (including phenoxy) is 1. The van der Waals surface area contributed by atoms with Gasteiger partial charge in [0.25, 0.3) is 5.91 Å². The van der Waals surface area contributed by atoms with Crippen molar-refractivity contribution in [1.29, 1.82) is 0 Å². The van der Waals surface area contributed by atoms with Gasteiger partial charge in [-0.1, -0.05) is 61.9 Å². The quantitative estimate of drug-likeness (QED) is 0.0256. The topological polar surface area (TPSA) is 646 Å². The summed E-state index contributed by atoms with van der Waals surface area (Å²) in [5.41, 5.74) is 6.97. The van der Waals surface area contributed by atoms with Crippen molar-refractivity contribution in [3.63, 3.8) is 0 Å². The number of aliphatic hydroxyl groups is 2. The summed E-state index contributed by atoms with van der Waals surface area (Å²) in [6, 6.07) is -5.55. The van der Waals surface area contributed by atoms with Crippen LogP contribution in [-0.4, -0.2) is 244 Å². The SMILES string of the molecule is CCCC1OC1C(=O)N[C@@H](CO)C(=O)NC1C(=O)NC(Cc2c[nH]c3ccccc23)C(=O)N[C@@H](CC(=O)O)C(=O)NC(CC(=O)O)C(=O)N[C@H](Cc2ccc(O)cc2)C(=O)N[C@@H](CC(=O)O)C(=O)NCC(=O)N[C@H]([C@H](O)C(N)=O)C(=O)NC(CCC(=O)O)C(=O)N[C@@H](Cc2c[nH]c3ccccc23)C(=O)NC1C. The summed E-state index contributed by atoms with van der Waals surface area (Å²) in [6.07, 6.45) is -8.00. The summed E-state index contributed by atoms with van der Waals surface area (Å²) in [6.45, 7) is 0.500. The Hall–Kier alpha value is -12.6. The molecule has 3 aromatic carbocycles. The maximum absolute atomic E-state index is 15.4. The second-order valence-corrected chi connectivity index (χ2v) is 25.2. The predicted molar refractivity (Wildman–Crippen MR) is 365 cm³/mol. The zero-order valence-corrected chi connectivity index (χ0v) is 57.2. The van der Waals surface area contributed by atoms with Crippen LogP contribution in [0.25, 0.3) is 21.8 Å². The highest BCUT2D eigenvalue weighted by Gasteiger charge is 2.46. The normalized spacial score (nSPS) is 24.1. The first-order chi connectivity index (χ1) is 50.7. The lowest BCUT2D eigenvalue weighted by atomic mass is 10.0. The molecule has 0 radical (unpaired) electrons. The standard InChI is InChI=1S/C67H81N15O25/c1-3-8-46-55(107-46)67(106)80-45(28-83)64(103)82-52-29(2)72-59(98)40(20-31-25-69-36-11-6-4-9-34(31)36)75-58(97)38(17-18-48(86)87)73-66(105)53(54(94)56(68)95)81-47(85)27-71-57(96)42(22-49(88)89)76-60(99)39(19-30-13-15-33(84)16-14-30)74-62(101)43(23-50(90)91)78-63(102)44(24-51(92)93)77-61(100)41(79-65(52)104)21-32-26-70-37-12-7-5-10-35(32)37/h4-7,9-16,25-26,29,38-46,52-55,69-70,83-84,94H,3,8,17-24,27-28H2,1-2H3,(H2,68,95)(H,71,96)(H,72,98)(H,73,105)(H,74,101)(H,75,97)(H,76,99)(H,77,100)(H,78,102)(H,79,104)(H,80,106)(H,81,85)(H,82,103)(H,86,87)(H,88,89)(H,90,91)(H,92,93)/t29?,38?,39-,40+,41?,42+,43?,44+,45+,46?,52?,53-,54+,55?/m1/s1. The summed E-state index contributed by atoms with van der Waals surface area (Å²) in [4.78, 5) is 241. The van der Waals surface area contributed by atoms with Gasteiger partial charge in [0.2, 0.25) is 70.9 Å². The van der Waals surface area contributed by atoms with E-state index in [2.05, 4.69) is 57.8 Å². The number of aliphatic carboxylic acids is 4. The highest BCUT2D eigenvalue weighted by molar-refractivity contribution is 6.03. The molecule has 0 bridgehead atoms. The van der Waals surface area contributed by atoms with Gasteiger partial charge >= 0.3 is 23.9 Å². The third-order valence-electron chi connectivity index (χ3n) is 17.1. The highest BCUT2D eigenvalue weighted by atomic mass is 16.6. The van der Waals surface area contributed by atoms with Crippen LogP contribution in [0.3, 0.4) is 0 Å². The van der Waals surface area contributed by atoms with E-state index in [0.29, 0.717) is 40.2 Å². The maximum atomic E-state index is 15.4. The fourth-order valence-corrected chi connectivity index (χ4v) is 11.5. The number of fused-ring (bicyclic) bond motifs is 2. The van der Waals surface area contributed by atoms with Crippen LogP contribution in [0.4, 0.5) is 0 Å². The van der Waals surface area contributed by atoms with Gasteiger partial charge in [0, 0.05) is 59.9 Å². The molecule has 40 heteroatoms. The first-order valence-corrected chi connectivity index (χ1v) is 33.3. The number of benzene rings is 3. The van der Waals surface area contributed by atoms with Gasteiger partial charge in [0.1, 0.15) is 66.2 Å². The van der Waals surface area contributed by atoms with Gasteiger partial charge < -0.3 is 120 Å². The highest BCUT2D eigenvalue weighted by Crippen LogP contribution is 2.27. The molecule has 0 aliphatic carbocycles. The second kappa shape index (κ2) is 37.7. The maximum Gasteiger partial charge on any atom is 0.305 e. The van der Waals surface area contributed by atoms with Crippen LogP contribution in [0, 0.1) is 0 Å². The summed E-state index contributed by atoms with van der Waals surface area (Å²) < 4.78 is 5.43. The van der Waals surface area contributed by atoms with E-state index in [1.165, 1.54) is 24.5 Å². The number of aromatic hydroxyl groups is 1. The van der Waals surface area contributed by atoms with Crippen LogP contribution < -0.4 is 69.5 Å². The number of hydrogen-bond acceptors (Lipinski definition) is 21. The molecule has 2 fully saturated rings. The summed E-state index contributed by atoms with van der Waals surface area (Å²) >= 11 is 0. The average Bonchev–Trinajstić information content (AvgIpc) is 1.71. The van der Waals surface area contributed by atoms with E-state index in [1.807, 2.05) is 22.9 Å². The predicted octanol–water partition coefficient (Wildman–Crippen LogP) is -6.44. The Kier molecular flexibility index (Phi) is 28.8. The molecular formula is C67H81N15O25. The minimum absolute atomic E-state index is 0.107. The van der Waals surface area contributed by atoms with E-state index in [-0.39, 0.29) is 16.9 Å². The molecule has 2 aliphatic heterocycles. The smallest absolute Gasteiger partial charge is 0.305 e. The Morgan fingerprint density at radius 1 is 0.542 bits per heavy atom. The molecule has 14 atom stereocenters. The summed E-state index contributed by atoms with van der Waals surface area (Å²) in [5, 5.41) is 99.1. The van der Waals surface area contributed by atoms with Gasteiger partial charge in [-0.25, -0.2) is 0 Å². The molecular weight excluding hydrogens is 1410 g/mol. The van der Waals surface area contributed by atoms with Gasteiger partial charge in [0.05, 0.1) is 44.6 Å². The number of para-hydroxylation sites is 2. The number of aliphatic hydroxyl groups excluding tert-OH is 2. The molecule has 574 valence electrons. The zero-order valence-electron chi connectivity index (χ0n) is 57.2. The number of H-pyrrole nitrogens is 2. The third kappa shape index (κ3) is 23.5. The molecule has 4 heterocycles. The first-order valence-electron chi connectivity index (χ1n) is 33.3. The number of carbonyl (C=O) groups is 17. The monoisotopic (exact) mass is 1500 g/mol. The number of phenolic OH excluding ortho intramolecular Hbond substituents is 1. The number of carbonyl (C=O) groups excluding carboxylic acids is 13. The van der Waals surface area contributed by atoms with Gasteiger partial charge in [0.15, 0.2) is 12.2 Å². The van der Waals surface area contributed by atoms with Crippen molar-refractivity contribution in [2.75, 3.05) is 13.2 Å². The number of carboxylic acids is 4. The number of amides is 13. The minimum Gasteiger partial charge on any atom is -0.508 e. The molecule has 7 unspecified atom stereocenters. The molecule has 2 aromatic heterocycles. The number of epoxide rings is 1. The first kappa shape index (κ1) is 81.7. The lowest BCUT2D eigenvalue weighted by Gasteiger charge is -2.31. The van der Waals surface area contributed by atoms with E-state index in [0.717, 1.165) is 19.1 Å². The van der Waals surface area contributed by atoms with Crippen molar-refractivity contribution in [3.8, 4) is 5.75 Å². The van der Waals surface area contributed by atoms with Gasteiger partial charge in [-0.05, 0) is 60.7 Å². The van der Waals surface area contributed by atoms with Crippen LogP contribution >= 0.6 is 0 Å². The Morgan fingerprint density at radius 3 is 1.48 bits per heavy atom. The second-order valence-electron chi connectivity index (χ2n) is 25.2. The molecule has 23 N–H and O–H groups in total. The Balaban J connectivity index is 1.36. The van der Waals surface area contributed by atoms with Crippen molar-refractivity contribution >= 4 is 122 Å². The molecule has 0 saturated carbocycles. The number of aromatic amines is 2. The number of aromatic nitrogens is 2. The van der Waals surface area contributed by atoms with Crippen molar-refractivity contribution in [2.24, 2.45) is 5.73 Å². The van der Waals surface area contributed by atoms with Crippen molar-refractivity contribution in [3.05, 3.63) is 102 Å². The number of carboxylic acid groups (broad SMARTS) is 4. The minimum atomic E-state index is -2.70. The number of nitrogens with one attached hydrogen (secondary N) is 14. The number of hydrogen-bond donors (Lipinski definition) is 22. The lowest BCUT2D eigenvalue weighted by molar-refractivity contribution is -0.144. The van der Waals surface area contributed by atoms with Crippen LogP contribution in [-0.2, 0) is 106 Å². The molecule has 40 nitrogen and oxygen atoms in total. The van der Waals surface area contributed by atoms with Crippen molar-refractivity contribution in [1.82, 2.24) is 73.8 Å². The van der Waals surface area contributed by atoms with Crippen molar-refractivity contribution < 1.29 is 122 Å². The van der Waals surface area contributed by atoms with Gasteiger partial charge in [-0.3, -0.25) is 81.5 Å². The number of rotatable bonds is 24. The van der Waals surface area contributed by atoms with Crippen LogP contribution in [0.5, 0.6) is 5.75 Å². The Morgan fingerprint density at radius 2 is 0.991 bits per heavy atom.